The number of anilines is 1. The van der Waals surface area contributed by atoms with Crippen molar-refractivity contribution in [2.75, 3.05) is 12.4 Å². The second-order valence-electron chi connectivity index (χ2n) is 5.01. The first kappa shape index (κ1) is 13.9. The van der Waals surface area contributed by atoms with Gasteiger partial charge in [-0.1, -0.05) is 26.0 Å². The Labute approximate surface area is 127 Å². The summed E-state index contributed by atoms with van der Waals surface area (Å²) < 4.78 is 0. The van der Waals surface area contributed by atoms with Crippen LogP contribution in [0.1, 0.15) is 25.3 Å². The number of nitrogens with zero attached hydrogens (tertiary/aromatic N) is 3. The molecule has 21 heavy (non-hydrogen) atoms. The molecular formula is C15H17N5S. The summed E-state index contributed by atoms with van der Waals surface area (Å²) in [6.07, 6.45) is 1.59. The fourth-order valence-corrected chi connectivity index (χ4v) is 3.28. The van der Waals surface area contributed by atoms with Crippen LogP contribution in [0, 0.1) is 0 Å². The van der Waals surface area contributed by atoms with E-state index in [1.807, 2.05) is 31.3 Å². The normalized spacial score (nSPS) is 11.2. The van der Waals surface area contributed by atoms with Crippen LogP contribution in [0.25, 0.3) is 11.0 Å². The van der Waals surface area contributed by atoms with Crippen LogP contribution in [-0.2, 0) is 0 Å². The Bertz CT molecular complexity index is 733. The second-order valence-corrected chi connectivity index (χ2v) is 5.98. The van der Waals surface area contributed by atoms with Gasteiger partial charge in [-0.3, -0.25) is 0 Å². The fourth-order valence-electron chi connectivity index (χ4n) is 2.25. The van der Waals surface area contributed by atoms with Gasteiger partial charge in [0.2, 0.25) is 0 Å². The second kappa shape index (κ2) is 5.73. The quantitative estimate of drug-likeness (QED) is 0.720. The van der Waals surface area contributed by atoms with Crippen molar-refractivity contribution >= 4 is 28.6 Å². The van der Waals surface area contributed by atoms with Crippen LogP contribution in [0.15, 0.2) is 40.8 Å². The van der Waals surface area contributed by atoms with E-state index < -0.39 is 0 Å². The van der Waals surface area contributed by atoms with Gasteiger partial charge in [-0.25, -0.2) is 15.0 Å². The molecule has 0 fully saturated rings. The molecule has 0 spiro atoms. The number of fused-ring (bicyclic) bond motifs is 1. The Balaban J connectivity index is 2.01. The van der Waals surface area contributed by atoms with Gasteiger partial charge in [0, 0.05) is 12.6 Å². The Kier molecular flexibility index (Phi) is 3.79. The largest absolute Gasteiger partial charge is 0.373 e. The van der Waals surface area contributed by atoms with Crippen molar-refractivity contribution in [3.63, 3.8) is 0 Å². The third-order valence-corrected chi connectivity index (χ3v) is 4.13. The molecule has 0 aliphatic carbocycles. The molecule has 0 amide bonds. The van der Waals surface area contributed by atoms with Crippen LogP contribution >= 0.6 is 11.8 Å². The van der Waals surface area contributed by atoms with E-state index in [1.54, 1.807) is 18.1 Å². The molecule has 3 rings (SSSR count). The molecule has 0 saturated carbocycles. The fraction of sp³-hybridized carbons (Fsp3) is 0.267. The minimum absolute atomic E-state index is 0.334. The number of para-hydroxylation sites is 2. The van der Waals surface area contributed by atoms with E-state index >= 15 is 0 Å². The zero-order chi connectivity index (χ0) is 14.8. The number of benzene rings is 1. The van der Waals surface area contributed by atoms with Crippen molar-refractivity contribution in [1.29, 1.82) is 0 Å². The van der Waals surface area contributed by atoms with Crippen LogP contribution in [0.4, 0.5) is 5.82 Å². The van der Waals surface area contributed by atoms with Gasteiger partial charge in [0.1, 0.15) is 17.2 Å². The van der Waals surface area contributed by atoms with Crippen molar-refractivity contribution in [3.8, 4) is 0 Å². The highest BCUT2D eigenvalue weighted by molar-refractivity contribution is 7.99. The molecule has 0 saturated heterocycles. The van der Waals surface area contributed by atoms with Gasteiger partial charge in [-0.15, -0.1) is 0 Å². The average molecular weight is 299 g/mol. The monoisotopic (exact) mass is 299 g/mol. The van der Waals surface area contributed by atoms with Crippen molar-refractivity contribution in [1.82, 2.24) is 19.9 Å². The molecule has 2 aromatic heterocycles. The number of hydrogen-bond acceptors (Lipinski definition) is 5. The Morgan fingerprint density at radius 3 is 2.71 bits per heavy atom. The first-order valence-corrected chi connectivity index (χ1v) is 7.66. The van der Waals surface area contributed by atoms with Crippen LogP contribution in [0.3, 0.4) is 0 Å². The predicted molar refractivity (Wildman–Crippen MR) is 85.9 cm³/mol. The van der Waals surface area contributed by atoms with Gasteiger partial charge in [0.15, 0.2) is 5.16 Å². The lowest BCUT2D eigenvalue weighted by atomic mass is 10.1. The molecule has 0 aliphatic rings. The number of aromatic nitrogens is 4. The van der Waals surface area contributed by atoms with Crippen LogP contribution < -0.4 is 5.32 Å². The molecule has 0 aliphatic heterocycles. The third kappa shape index (κ3) is 2.71. The molecule has 0 radical (unpaired) electrons. The van der Waals surface area contributed by atoms with Crippen molar-refractivity contribution in [3.05, 3.63) is 36.2 Å². The molecule has 0 bridgehead atoms. The van der Waals surface area contributed by atoms with Gasteiger partial charge in [-0.05, 0) is 29.8 Å². The standard InChI is InChI=1S/C15H17N5S/c1-9(2)12-13(16-3)17-8-18-14(12)21-15-19-10-6-4-5-7-11(10)20-15/h4-9H,1-3H3,(H,19,20)(H,16,17,18). The van der Waals surface area contributed by atoms with Crippen molar-refractivity contribution < 1.29 is 0 Å². The lowest BCUT2D eigenvalue weighted by Crippen LogP contribution is -2.04. The summed E-state index contributed by atoms with van der Waals surface area (Å²) in [5.41, 5.74) is 3.12. The first-order valence-electron chi connectivity index (χ1n) is 6.84. The maximum Gasteiger partial charge on any atom is 0.172 e. The summed E-state index contributed by atoms with van der Waals surface area (Å²) in [6, 6.07) is 8.01. The molecule has 5 nitrogen and oxygen atoms in total. The van der Waals surface area contributed by atoms with E-state index in [1.165, 1.54) is 0 Å². The molecule has 6 heteroatoms. The summed E-state index contributed by atoms with van der Waals surface area (Å²) >= 11 is 1.54. The topological polar surface area (TPSA) is 66.5 Å². The first-order chi connectivity index (χ1) is 10.2. The number of rotatable bonds is 4. The van der Waals surface area contributed by atoms with Crippen LogP contribution in [0.5, 0.6) is 0 Å². The summed E-state index contributed by atoms with van der Waals surface area (Å²) in [4.78, 5) is 16.6. The Morgan fingerprint density at radius 1 is 1.19 bits per heavy atom. The molecule has 1 aromatic carbocycles. The van der Waals surface area contributed by atoms with Gasteiger partial charge in [0.25, 0.3) is 0 Å². The third-order valence-electron chi connectivity index (χ3n) is 3.22. The number of aromatic amines is 1. The van der Waals surface area contributed by atoms with Gasteiger partial charge >= 0.3 is 0 Å². The van der Waals surface area contributed by atoms with Crippen LogP contribution in [0.2, 0.25) is 0 Å². The molecule has 0 unspecified atom stereocenters. The highest BCUT2D eigenvalue weighted by atomic mass is 32.2. The highest BCUT2D eigenvalue weighted by Gasteiger charge is 2.16. The predicted octanol–water partition coefficient (Wildman–Crippen LogP) is 3.67. The zero-order valence-electron chi connectivity index (χ0n) is 12.2. The Hall–Kier alpha value is -2.08. The van der Waals surface area contributed by atoms with E-state index in [0.717, 1.165) is 32.6 Å². The number of imidazole rings is 1. The smallest absolute Gasteiger partial charge is 0.172 e. The molecule has 2 heterocycles. The van der Waals surface area contributed by atoms with E-state index in [0.29, 0.717) is 5.92 Å². The lowest BCUT2D eigenvalue weighted by Gasteiger charge is -2.14. The lowest BCUT2D eigenvalue weighted by molar-refractivity contribution is 0.804. The minimum Gasteiger partial charge on any atom is -0.373 e. The minimum atomic E-state index is 0.334. The molecule has 3 aromatic rings. The summed E-state index contributed by atoms with van der Waals surface area (Å²) in [5, 5.41) is 4.91. The number of hydrogen-bond donors (Lipinski definition) is 2. The van der Waals surface area contributed by atoms with Gasteiger partial charge < -0.3 is 10.3 Å². The van der Waals surface area contributed by atoms with E-state index in [4.69, 9.17) is 0 Å². The summed E-state index contributed by atoms with van der Waals surface area (Å²) in [6.45, 7) is 4.28. The highest BCUT2D eigenvalue weighted by Crippen LogP contribution is 2.34. The zero-order valence-corrected chi connectivity index (χ0v) is 13.0. The summed E-state index contributed by atoms with van der Waals surface area (Å²) in [7, 11) is 1.88. The Morgan fingerprint density at radius 2 is 2.00 bits per heavy atom. The summed E-state index contributed by atoms with van der Waals surface area (Å²) in [5.74, 6) is 1.21. The molecule has 108 valence electrons. The van der Waals surface area contributed by atoms with Crippen LogP contribution in [-0.4, -0.2) is 27.0 Å². The van der Waals surface area contributed by atoms with Gasteiger partial charge in [0.05, 0.1) is 11.0 Å². The number of H-pyrrole nitrogens is 1. The molecule has 0 atom stereocenters. The van der Waals surface area contributed by atoms with Crippen molar-refractivity contribution in [2.24, 2.45) is 0 Å². The van der Waals surface area contributed by atoms with Gasteiger partial charge in [-0.2, -0.15) is 0 Å². The maximum atomic E-state index is 4.59. The van der Waals surface area contributed by atoms with E-state index in [2.05, 4.69) is 39.1 Å². The number of nitrogens with one attached hydrogen (secondary N) is 2. The van der Waals surface area contributed by atoms with Crippen molar-refractivity contribution in [2.45, 2.75) is 29.9 Å². The SMILES string of the molecule is CNc1ncnc(Sc2nc3ccccc3[nH]2)c1C(C)C. The average Bonchev–Trinajstić information content (AvgIpc) is 2.88. The van der Waals surface area contributed by atoms with E-state index in [-0.39, 0.29) is 0 Å². The molecular weight excluding hydrogens is 282 g/mol. The molecule has 2 N–H and O–H groups in total. The van der Waals surface area contributed by atoms with E-state index in [9.17, 15) is 0 Å². The maximum absolute atomic E-state index is 4.59.